The molecule has 0 aliphatic rings. The van der Waals surface area contributed by atoms with E-state index in [4.69, 9.17) is 23.2 Å². The molecule has 3 N–H and O–H groups in total. The van der Waals surface area contributed by atoms with Gasteiger partial charge >= 0.3 is 0 Å². The first-order chi connectivity index (χ1) is 21.3. The Labute approximate surface area is 276 Å². The lowest BCUT2D eigenvalue weighted by atomic mass is 10.1. The van der Waals surface area contributed by atoms with E-state index < -0.39 is 17.1 Å². The summed E-state index contributed by atoms with van der Waals surface area (Å²) in [7, 11) is 0. The number of hydrogen-bond donors (Lipinski definition) is 3. The monoisotopic (exact) mass is 678 g/mol. The fourth-order valence-electron chi connectivity index (χ4n) is 3.88. The minimum absolute atomic E-state index is 0.0398. The number of nitrogens with one attached hydrogen (secondary N) is 3. The van der Waals surface area contributed by atoms with Gasteiger partial charge in [0.2, 0.25) is 5.91 Å². The van der Waals surface area contributed by atoms with Gasteiger partial charge in [0.25, 0.3) is 11.8 Å². The molecule has 12 heteroatoms. The molecule has 0 bridgehead atoms. The average molecular weight is 680 g/mol. The van der Waals surface area contributed by atoms with Gasteiger partial charge in [0, 0.05) is 37.1 Å². The van der Waals surface area contributed by atoms with Crippen LogP contribution in [0.15, 0.2) is 106 Å². The molecule has 5 aromatic rings. The number of amides is 3. The maximum Gasteiger partial charge on any atom is 0.272 e. The molecule has 0 radical (unpaired) electrons. The number of hydrogen-bond acceptors (Lipinski definition) is 7. The van der Waals surface area contributed by atoms with Crippen molar-refractivity contribution >= 4 is 92.3 Å². The minimum Gasteiger partial charge on any atom is -0.321 e. The molecule has 0 aliphatic carbocycles. The summed E-state index contributed by atoms with van der Waals surface area (Å²) in [5.74, 6) is -1.19. The van der Waals surface area contributed by atoms with Crippen LogP contribution >= 0.6 is 57.6 Å². The lowest BCUT2D eigenvalue weighted by molar-refractivity contribution is -0.115. The standard InChI is InChI=1S/C32H24Cl2N4O3S3/c1-19(29(39)38-32-37-27(18-43-32)28-11-6-16-42-28)44-22-14-12-21(13-15-22)35-31(41)26(17-23-24(33)9-5-10-25(23)34)36-30(40)20-7-3-2-4-8-20/h2-19H,1H3,(H,35,41)(H,36,40)(H,37,38,39)/b26-17-. The molecule has 5 rings (SSSR count). The van der Waals surface area contributed by atoms with Gasteiger partial charge in [0.05, 0.1) is 15.8 Å². The van der Waals surface area contributed by atoms with Crippen molar-refractivity contribution in [1.29, 1.82) is 0 Å². The second-order valence-corrected chi connectivity index (χ2v) is 13.3. The van der Waals surface area contributed by atoms with Crippen LogP contribution < -0.4 is 16.0 Å². The van der Waals surface area contributed by atoms with E-state index in [2.05, 4.69) is 20.9 Å². The van der Waals surface area contributed by atoms with Gasteiger partial charge in [-0.15, -0.1) is 34.4 Å². The molecule has 222 valence electrons. The first-order valence-electron chi connectivity index (χ1n) is 13.2. The fraction of sp³-hybridized carbons (Fsp3) is 0.0625. The highest BCUT2D eigenvalue weighted by Crippen LogP contribution is 2.30. The second kappa shape index (κ2) is 14.7. The van der Waals surface area contributed by atoms with Crippen molar-refractivity contribution in [3.8, 4) is 10.6 Å². The number of thiophene rings is 1. The summed E-state index contributed by atoms with van der Waals surface area (Å²) in [6.45, 7) is 1.82. The Hall–Kier alpha value is -3.93. The number of carbonyl (C=O) groups excluding carboxylic acids is 3. The molecule has 1 atom stereocenters. The van der Waals surface area contributed by atoms with Crippen LogP contribution in [0.4, 0.5) is 10.8 Å². The fourth-order valence-corrected chi connectivity index (χ4v) is 6.73. The van der Waals surface area contributed by atoms with Crippen molar-refractivity contribution in [3.63, 3.8) is 0 Å². The number of rotatable bonds is 10. The molecule has 2 aromatic heterocycles. The first kappa shape index (κ1) is 31.5. The highest BCUT2D eigenvalue weighted by Gasteiger charge is 2.19. The van der Waals surface area contributed by atoms with E-state index in [1.54, 1.807) is 84.1 Å². The number of benzene rings is 3. The third-order valence-electron chi connectivity index (χ3n) is 6.12. The number of aromatic nitrogens is 1. The maximum atomic E-state index is 13.4. The van der Waals surface area contributed by atoms with Crippen LogP contribution in [0.3, 0.4) is 0 Å². The largest absolute Gasteiger partial charge is 0.321 e. The smallest absolute Gasteiger partial charge is 0.272 e. The quantitative estimate of drug-likeness (QED) is 0.101. The van der Waals surface area contributed by atoms with Gasteiger partial charge < -0.3 is 16.0 Å². The predicted molar refractivity (Wildman–Crippen MR) is 183 cm³/mol. The van der Waals surface area contributed by atoms with E-state index >= 15 is 0 Å². The normalized spacial score (nSPS) is 11.9. The molecule has 0 saturated carbocycles. The Morgan fingerprint density at radius 3 is 2.27 bits per heavy atom. The molecular weight excluding hydrogens is 655 g/mol. The summed E-state index contributed by atoms with van der Waals surface area (Å²) in [6.07, 6.45) is 1.44. The number of thiazole rings is 1. The van der Waals surface area contributed by atoms with E-state index in [1.807, 2.05) is 29.8 Å². The molecule has 7 nitrogen and oxygen atoms in total. The number of carbonyl (C=O) groups is 3. The van der Waals surface area contributed by atoms with Crippen molar-refractivity contribution in [2.45, 2.75) is 17.1 Å². The van der Waals surface area contributed by atoms with Gasteiger partial charge in [-0.25, -0.2) is 4.98 Å². The second-order valence-electron chi connectivity index (χ2n) is 9.26. The summed E-state index contributed by atoms with van der Waals surface area (Å²) < 4.78 is 0. The summed E-state index contributed by atoms with van der Waals surface area (Å²) in [6, 6.07) is 24.5. The number of anilines is 2. The average Bonchev–Trinajstić information content (AvgIpc) is 3.72. The summed E-state index contributed by atoms with van der Waals surface area (Å²) >= 11 is 17.0. The molecule has 1 unspecified atom stereocenters. The van der Waals surface area contributed by atoms with Crippen LogP contribution in [-0.4, -0.2) is 28.0 Å². The molecule has 3 aromatic carbocycles. The van der Waals surface area contributed by atoms with Gasteiger partial charge in [0.1, 0.15) is 5.70 Å². The number of nitrogens with zero attached hydrogens (tertiary/aromatic N) is 1. The van der Waals surface area contributed by atoms with Crippen molar-refractivity contribution in [3.05, 3.63) is 123 Å². The zero-order valence-electron chi connectivity index (χ0n) is 23.0. The molecule has 2 heterocycles. The molecule has 0 saturated heterocycles. The van der Waals surface area contributed by atoms with Crippen LogP contribution in [0.25, 0.3) is 16.6 Å². The van der Waals surface area contributed by atoms with E-state index in [9.17, 15) is 14.4 Å². The SMILES string of the molecule is CC(Sc1ccc(NC(=O)/C(=C/c2c(Cl)cccc2Cl)NC(=O)c2ccccc2)cc1)C(=O)Nc1nc(-c2cccs2)cs1. The zero-order chi connectivity index (χ0) is 31.1. The topological polar surface area (TPSA) is 100 Å². The third kappa shape index (κ3) is 8.16. The van der Waals surface area contributed by atoms with E-state index in [0.717, 1.165) is 15.5 Å². The third-order valence-corrected chi connectivity index (χ3v) is 9.54. The lowest BCUT2D eigenvalue weighted by Gasteiger charge is -2.13. The number of thioether (sulfide) groups is 1. The van der Waals surface area contributed by atoms with Gasteiger partial charge in [-0.05, 0) is 73.0 Å². The van der Waals surface area contributed by atoms with Crippen molar-refractivity contribution < 1.29 is 14.4 Å². The van der Waals surface area contributed by atoms with Crippen LogP contribution in [0.5, 0.6) is 0 Å². The van der Waals surface area contributed by atoms with Gasteiger partial charge in [0.15, 0.2) is 5.13 Å². The Morgan fingerprint density at radius 2 is 1.59 bits per heavy atom. The molecular formula is C32H24Cl2N4O3S3. The lowest BCUT2D eigenvalue weighted by Crippen LogP contribution is -2.30. The molecule has 0 fully saturated rings. The van der Waals surface area contributed by atoms with Crippen molar-refractivity contribution in [1.82, 2.24) is 10.3 Å². The molecule has 44 heavy (non-hydrogen) atoms. The van der Waals surface area contributed by atoms with Gasteiger partial charge in [-0.3, -0.25) is 14.4 Å². The van der Waals surface area contributed by atoms with E-state index in [0.29, 0.717) is 32.0 Å². The highest BCUT2D eigenvalue weighted by atomic mass is 35.5. The maximum absolute atomic E-state index is 13.4. The van der Waals surface area contributed by atoms with E-state index in [1.165, 1.54) is 29.2 Å². The van der Waals surface area contributed by atoms with Crippen molar-refractivity contribution in [2.24, 2.45) is 0 Å². The van der Waals surface area contributed by atoms with Crippen LogP contribution in [0.1, 0.15) is 22.8 Å². The van der Waals surface area contributed by atoms with Gasteiger partial charge in [-0.2, -0.15) is 0 Å². The minimum atomic E-state index is -0.566. The first-order valence-corrected chi connectivity index (χ1v) is 16.6. The van der Waals surface area contributed by atoms with Crippen LogP contribution in [-0.2, 0) is 9.59 Å². The zero-order valence-corrected chi connectivity index (χ0v) is 27.0. The summed E-state index contributed by atoms with van der Waals surface area (Å²) in [4.78, 5) is 45.5. The number of halogens is 2. The Kier molecular flexibility index (Phi) is 10.5. The van der Waals surface area contributed by atoms with Gasteiger partial charge in [-0.1, -0.05) is 53.5 Å². The van der Waals surface area contributed by atoms with Crippen LogP contribution in [0, 0.1) is 0 Å². The van der Waals surface area contributed by atoms with E-state index in [-0.39, 0.29) is 11.6 Å². The highest BCUT2D eigenvalue weighted by molar-refractivity contribution is 8.00. The summed E-state index contributed by atoms with van der Waals surface area (Å²) in [5, 5.41) is 13.1. The van der Waals surface area contributed by atoms with Crippen LogP contribution in [0.2, 0.25) is 10.0 Å². The summed E-state index contributed by atoms with van der Waals surface area (Å²) in [5.41, 5.74) is 2.07. The Morgan fingerprint density at radius 1 is 0.864 bits per heavy atom. The Balaban J connectivity index is 1.24. The van der Waals surface area contributed by atoms with Crippen molar-refractivity contribution in [2.75, 3.05) is 10.6 Å². The predicted octanol–water partition coefficient (Wildman–Crippen LogP) is 8.71. The molecule has 0 spiro atoms. The Bertz CT molecular complexity index is 1790. The molecule has 0 aliphatic heterocycles. The molecule has 3 amide bonds.